The number of anilines is 1. The van der Waals surface area contributed by atoms with Crippen LogP contribution in [0.15, 0.2) is 36.5 Å². The van der Waals surface area contributed by atoms with Crippen molar-refractivity contribution >= 4 is 17.5 Å². The number of pyridine rings is 1. The molecule has 2 heterocycles. The van der Waals surface area contributed by atoms with Gasteiger partial charge in [-0.05, 0) is 43.2 Å². The molecule has 1 aliphatic carbocycles. The average Bonchev–Trinajstić information content (AvgIpc) is 3.70. The second kappa shape index (κ2) is 10.5. The molecular weight excluding hydrogens is 443 g/mol. The number of carbonyl (C=O) groups excluding carboxylic acids is 2. The standard InChI is InChI=1S/C24H29FN4O5/c25-18-12-29(24(33)20(31)13-30)8-6-22(18)34-21-4-3-15(9-16(21)11-26)19-10-17(5-7-27-19)28-23(32)14-1-2-14/h3-5,7,9-10,14,18,20,22,30-31H,1-2,6,8,11-13,26H2,(H,27,28,32)/t18-,20+,22+/m1/s1. The van der Waals surface area contributed by atoms with Crippen molar-refractivity contribution < 1.29 is 28.9 Å². The molecule has 4 rings (SSSR count). The summed E-state index contributed by atoms with van der Waals surface area (Å²) in [6, 6.07) is 8.87. The molecule has 2 amide bonds. The molecule has 3 atom stereocenters. The first kappa shape index (κ1) is 24.1. The molecule has 0 unspecified atom stereocenters. The number of aromatic nitrogens is 1. The minimum Gasteiger partial charge on any atom is -0.487 e. The molecule has 34 heavy (non-hydrogen) atoms. The maximum atomic E-state index is 14.8. The van der Waals surface area contributed by atoms with Crippen LogP contribution in [0, 0.1) is 5.92 Å². The summed E-state index contributed by atoms with van der Waals surface area (Å²) in [5, 5.41) is 21.4. The van der Waals surface area contributed by atoms with Crippen molar-refractivity contribution in [3.05, 3.63) is 42.1 Å². The fourth-order valence-electron chi connectivity index (χ4n) is 3.94. The minimum atomic E-state index is -1.55. The second-order valence-electron chi connectivity index (χ2n) is 8.66. The quantitative estimate of drug-likeness (QED) is 0.453. The summed E-state index contributed by atoms with van der Waals surface area (Å²) in [4.78, 5) is 29.6. The van der Waals surface area contributed by atoms with Crippen molar-refractivity contribution in [1.29, 1.82) is 0 Å². The highest BCUT2D eigenvalue weighted by atomic mass is 19.1. The number of piperidine rings is 1. The monoisotopic (exact) mass is 472 g/mol. The van der Waals surface area contributed by atoms with Crippen LogP contribution in [-0.4, -0.2) is 70.0 Å². The van der Waals surface area contributed by atoms with E-state index in [1.54, 1.807) is 30.5 Å². The lowest BCUT2D eigenvalue weighted by molar-refractivity contribution is -0.146. The van der Waals surface area contributed by atoms with E-state index in [1.807, 2.05) is 6.07 Å². The van der Waals surface area contributed by atoms with Gasteiger partial charge in [0.1, 0.15) is 11.9 Å². The van der Waals surface area contributed by atoms with Crippen LogP contribution in [0.2, 0.25) is 0 Å². The molecule has 1 aromatic heterocycles. The molecule has 1 saturated heterocycles. The summed E-state index contributed by atoms with van der Waals surface area (Å²) in [6.07, 6.45) is -0.0690. The lowest BCUT2D eigenvalue weighted by Crippen LogP contribution is -2.52. The van der Waals surface area contributed by atoms with Gasteiger partial charge in [0.25, 0.3) is 5.91 Å². The Hall–Kier alpha value is -3.08. The Bertz CT molecular complexity index is 1050. The van der Waals surface area contributed by atoms with Gasteiger partial charge >= 0.3 is 0 Å². The molecule has 1 aromatic carbocycles. The molecule has 0 radical (unpaired) electrons. The lowest BCUT2D eigenvalue weighted by Gasteiger charge is -2.35. The lowest BCUT2D eigenvalue weighted by atomic mass is 10.0. The Morgan fingerprint density at radius 3 is 2.74 bits per heavy atom. The Morgan fingerprint density at radius 1 is 1.26 bits per heavy atom. The predicted molar refractivity (Wildman–Crippen MR) is 123 cm³/mol. The molecule has 2 aromatic rings. The van der Waals surface area contributed by atoms with Crippen molar-refractivity contribution in [3.8, 4) is 17.0 Å². The highest BCUT2D eigenvalue weighted by molar-refractivity contribution is 5.94. The predicted octanol–water partition coefficient (Wildman–Crippen LogP) is 1.23. The maximum absolute atomic E-state index is 14.8. The van der Waals surface area contributed by atoms with Crippen molar-refractivity contribution in [1.82, 2.24) is 9.88 Å². The number of alkyl halides is 1. The van der Waals surface area contributed by atoms with Gasteiger partial charge in [-0.25, -0.2) is 4.39 Å². The molecule has 10 heteroatoms. The third-order valence-corrected chi connectivity index (χ3v) is 6.08. The zero-order valence-electron chi connectivity index (χ0n) is 18.7. The number of aliphatic hydroxyl groups excluding tert-OH is 2. The van der Waals surface area contributed by atoms with Gasteiger partial charge in [-0.15, -0.1) is 0 Å². The van der Waals surface area contributed by atoms with E-state index < -0.39 is 30.9 Å². The van der Waals surface area contributed by atoms with Gasteiger partial charge in [0.05, 0.1) is 18.8 Å². The number of halogens is 1. The summed E-state index contributed by atoms with van der Waals surface area (Å²) in [5.74, 6) is -0.130. The normalized spacial score (nSPS) is 21.1. The molecule has 5 N–H and O–H groups in total. The number of benzene rings is 1. The molecule has 2 aliphatic rings. The van der Waals surface area contributed by atoms with Crippen molar-refractivity contribution in [2.45, 2.75) is 44.2 Å². The highest BCUT2D eigenvalue weighted by Crippen LogP contribution is 2.32. The Morgan fingerprint density at radius 2 is 2.06 bits per heavy atom. The van der Waals surface area contributed by atoms with E-state index in [1.165, 1.54) is 4.90 Å². The van der Waals surface area contributed by atoms with E-state index in [2.05, 4.69) is 10.3 Å². The van der Waals surface area contributed by atoms with Crippen LogP contribution >= 0.6 is 0 Å². The summed E-state index contributed by atoms with van der Waals surface area (Å²) >= 11 is 0. The smallest absolute Gasteiger partial charge is 0.253 e. The summed E-state index contributed by atoms with van der Waals surface area (Å²) in [5.41, 5.74) is 8.72. The SMILES string of the molecule is NCc1cc(-c2cc(NC(=O)C3CC3)ccn2)ccc1O[C@H]1CCN(C(=O)[C@@H](O)CO)C[C@H]1F. The zero-order valence-corrected chi connectivity index (χ0v) is 18.7. The first-order valence-electron chi connectivity index (χ1n) is 11.4. The molecule has 1 aliphatic heterocycles. The van der Waals surface area contributed by atoms with Crippen LogP contribution in [-0.2, 0) is 16.1 Å². The van der Waals surface area contributed by atoms with Gasteiger partial charge in [0.15, 0.2) is 12.3 Å². The molecule has 9 nitrogen and oxygen atoms in total. The van der Waals surface area contributed by atoms with Gasteiger partial charge in [-0.1, -0.05) is 0 Å². The number of likely N-dealkylation sites (tertiary alicyclic amines) is 1. The fraction of sp³-hybridized carbons (Fsp3) is 0.458. The maximum Gasteiger partial charge on any atom is 0.253 e. The minimum absolute atomic E-state index is 0.0166. The van der Waals surface area contributed by atoms with Gasteiger partial charge in [-0.2, -0.15) is 0 Å². The van der Waals surface area contributed by atoms with Crippen LogP contribution in [0.4, 0.5) is 10.1 Å². The number of nitrogens with two attached hydrogens (primary N) is 1. The van der Waals surface area contributed by atoms with Crippen molar-refractivity contribution in [2.75, 3.05) is 25.0 Å². The first-order valence-corrected chi connectivity index (χ1v) is 11.4. The summed E-state index contributed by atoms with van der Waals surface area (Å²) < 4.78 is 20.7. The summed E-state index contributed by atoms with van der Waals surface area (Å²) in [6.45, 7) is -0.554. The number of nitrogens with zero attached hydrogens (tertiary/aromatic N) is 2. The second-order valence-corrected chi connectivity index (χ2v) is 8.66. The number of nitrogens with one attached hydrogen (secondary N) is 1. The molecule has 2 fully saturated rings. The molecule has 1 saturated carbocycles. The molecule has 0 bridgehead atoms. The highest BCUT2D eigenvalue weighted by Gasteiger charge is 2.35. The molecular formula is C24H29FN4O5. The van der Waals surface area contributed by atoms with Crippen LogP contribution in [0.25, 0.3) is 11.3 Å². The number of ether oxygens (including phenoxy) is 1. The van der Waals surface area contributed by atoms with Crippen LogP contribution in [0.5, 0.6) is 5.75 Å². The van der Waals surface area contributed by atoms with Crippen molar-refractivity contribution in [2.24, 2.45) is 11.7 Å². The number of amides is 2. The fourth-order valence-corrected chi connectivity index (χ4v) is 3.94. The number of hydrogen-bond donors (Lipinski definition) is 4. The van der Waals surface area contributed by atoms with E-state index >= 15 is 0 Å². The molecule has 0 spiro atoms. The van der Waals surface area contributed by atoms with Crippen LogP contribution < -0.4 is 15.8 Å². The largest absolute Gasteiger partial charge is 0.487 e. The van der Waals surface area contributed by atoms with E-state index in [-0.39, 0.29) is 37.9 Å². The van der Waals surface area contributed by atoms with Gasteiger partial charge in [0, 0.05) is 48.4 Å². The number of rotatable bonds is 8. The Labute approximate surface area is 196 Å². The Kier molecular flexibility index (Phi) is 7.40. The van der Waals surface area contributed by atoms with E-state index in [0.29, 0.717) is 22.7 Å². The third kappa shape index (κ3) is 5.52. The zero-order chi connectivity index (χ0) is 24.2. The first-order chi connectivity index (χ1) is 16.4. The summed E-state index contributed by atoms with van der Waals surface area (Å²) in [7, 11) is 0. The van der Waals surface area contributed by atoms with E-state index in [4.69, 9.17) is 15.6 Å². The number of hydrogen-bond acceptors (Lipinski definition) is 7. The van der Waals surface area contributed by atoms with E-state index in [9.17, 15) is 19.1 Å². The van der Waals surface area contributed by atoms with E-state index in [0.717, 1.165) is 18.4 Å². The average molecular weight is 473 g/mol. The molecule has 182 valence electrons. The van der Waals surface area contributed by atoms with Gasteiger partial charge in [0.2, 0.25) is 5.91 Å². The van der Waals surface area contributed by atoms with Gasteiger partial charge < -0.3 is 30.9 Å². The topological polar surface area (TPSA) is 138 Å². The third-order valence-electron chi connectivity index (χ3n) is 6.08. The van der Waals surface area contributed by atoms with Gasteiger partial charge in [-0.3, -0.25) is 14.6 Å². The van der Waals surface area contributed by atoms with Crippen molar-refractivity contribution in [3.63, 3.8) is 0 Å². The van der Waals surface area contributed by atoms with Crippen LogP contribution in [0.1, 0.15) is 24.8 Å². The number of carbonyl (C=O) groups is 2. The number of aliphatic hydroxyl groups is 2. The van der Waals surface area contributed by atoms with Crippen LogP contribution in [0.3, 0.4) is 0 Å². The Balaban J connectivity index is 1.44.